The Kier molecular flexibility index (Phi) is 16.3. The van der Waals surface area contributed by atoms with Crippen LogP contribution in [-0.2, 0) is 18.9 Å². The molecule has 0 saturated heterocycles. The van der Waals surface area contributed by atoms with Crippen LogP contribution in [0.15, 0.2) is 157 Å². The van der Waals surface area contributed by atoms with Gasteiger partial charge in [-0.25, -0.2) is 19.2 Å². The molecule has 0 aromatic heterocycles. The van der Waals surface area contributed by atoms with Gasteiger partial charge >= 0.3 is 23.9 Å². The number of benzene rings is 5. The highest BCUT2D eigenvalue weighted by Crippen LogP contribution is 2.42. The Balaban J connectivity index is 1.65. The first-order chi connectivity index (χ1) is 26.9. The molecule has 11 heteroatoms. The van der Waals surface area contributed by atoms with Gasteiger partial charge in [0.2, 0.25) is 0 Å². The van der Waals surface area contributed by atoms with E-state index in [9.17, 15) is 19.2 Å². The van der Waals surface area contributed by atoms with Gasteiger partial charge in [0.1, 0.15) is 6.61 Å². The normalized spacial score (nSPS) is 13.6. The van der Waals surface area contributed by atoms with E-state index >= 15 is 0 Å². The Labute approximate surface area is 334 Å². The topological polar surface area (TPSA) is 105 Å². The molecular weight excluding hydrogens is 753 g/mol. The third kappa shape index (κ3) is 12.3. The summed E-state index contributed by atoms with van der Waals surface area (Å²) in [4.78, 5) is 56.4. The molecule has 0 radical (unpaired) electrons. The van der Waals surface area contributed by atoms with E-state index in [-0.39, 0.29) is 26.8 Å². The van der Waals surface area contributed by atoms with Gasteiger partial charge in [-0.15, -0.1) is 23.5 Å². The lowest BCUT2D eigenvalue weighted by molar-refractivity contribution is -0.101. The van der Waals surface area contributed by atoms with Gasteiger partial charge in [0, 0.05) is 4.90 Å². The summed E-state index contributed by atoms with van der Waals surface area (Å²) in [5.74, 6) is -1.49. The number of esters is 4. The number of carbonyl (C=O) groups is 4. The van der Waals surface area contributed by atoms with E-state index in [1.807, 2.05) is 44.2 Å². The average Bonchev–Trinajstić information content (AvgIpc) is 3.24. The van der Waals surface area contributed by atoms with E-state index in [2.05, 4.69) is 0 Å². The van der Waals surface area contributed by atoms with Crippen molar-refractivity contribution >= 4 is 59.2 Å². The maximum absolute atomic E-state index is 14.1. The fraction of sp³-hybridized carbons (Fsp3) is 0.227. The molecule has 0 aliphatic heterocycles. The van der Waals surface area contributed by atoms with Crippen LogP contribution < -0.4 is 0 Å². The number of hydrogen-bond acceptors (Lipinski definition) is 11. The fourth-order valence-corrected chi connectivity index (χ4v) is 9.89. The quantitative estimate of drug-likeness (QED) is 0.0346. The monoisotopic (exact) mass is 794 g/mol. The van der Waals surface area contributed by atoms with E-state index in [1.54, 1.807) is 145 Å². The molecule has 8 nitrogen and oxygen atoms in total. The highest BCUT2D eigenvalue weighted by atomic mass is 32.2. The molecule has 5 unspecified atom stereocenters. The van der Waals surface area contributed by atoms with Gasteiger partial charge in [0.05, 0.1) is 32.1 Å². The van der Waals surface area contributed by atoms with E-state index < -0.39 is 54.0 Å². The Morgan fingerprint density at radius 3 is 1.29 bits per heavy atom. The molecule has 5 atom stereocenters. The molecule has 0 saturated carbocycles. The lowest BCUT2D eigenvalue weighted by Gasteiger charge is -2.38. The maximum Gasteiger partial charge on any atom is 0.338 e. The van der Waals surface area contributed by atoms with E-state index in [0.29, 0.717) is 5.75 Å². The summed E-state index contributed by atoms with van der Waals surface area (Å²) in [5, 5.41) is -0.538. The van der Waals surface area contributed by atoms with Crippen LogP contribution in [-0.4, -0.2) is 70.1 Å². The largest absolute Gasteiger partial charge is 0.458 e. The SMILES string of the molecule is CCSC(Sc1ccccc1)C(SCC)C(OC(=O)c1ccccc1)C(OC(=O)c1ccccc1)C(COC(=O)c1ccccc1)OC(=O)c1ccccc1. The zero-order valence-corrected chi connectivity index (χ0v) is 32.9. The molecule has 55 heavy (non-hydrogen) atoms. The van der Waals surface area contributed by atoms with E-state index in [0.717, 1.165) is 10.6 Å². The van der Waals surface area contributed by atoms with Crippen molar-refractivity contribution in [1.82, 2.24) is 0 Å². The highest BCUT2D eigenvalue weighted by molar-refractivity contribution is 8.18. The number of rotatable bonds is 19. The molecule has 0 fully saturated rings. The van der Waals surface area contributed by atoms with Crippen LogP contribution in [0.4, 0.5) is 0 Å². The molecule has 0 spiro atoms. The molecule has 5 rings (SSSR count). The zero-order chi connectivity index (χ0) is 38.8. The maximum atomic E-state index is 14.1. The molecule has 5 aromatic carbocycles. The van der Waals surface area contributed by atoms with Crippen LogP contribution in [0.5, 0.6) is 0 Å². The third-order valence-corrected chi connectivity index (χ3v) is 12.5. The van der Waals surface area contributed by atoms with Crippen molar-refractivity contribution in [2.24, 2.45) is 0 Å². The second-order valence-corrected chi connectivity index (χ2v) is 16.3. The van der Waals surface area contributed by atoms with Crippen LogP contribution in [0.1, 0.15) is 55.3 Å². The summed E-state index contributed by atoms with van der Waals surface area (Å²) < 4.78 is 24.6. The molecule has 0 aliphatic rings. The second-order valence-electron chi connectivity index (χ2n) is 11.9. The van der Waals surface area contributed by atoms with Crippen LogP contribution >= 0.6 is 35.3 Å². The van der Waals surface area contributed by atoms with Crippen molar-refractivity contribution in [3.63, 3.8) is 0 Å². The first-order valence-corrected chi connectivity index (χ1v) is 20.8. The molecule has 0 N–H and O–H groups in total. The van der Waals surface area contributed by atoms with Crippen LogP contribution in [0.3, 0.4) is 0 Å². The van der Waals surface area contributed by atoms with Crippen LogP contribution in [0, 0.1) is 0 Å². The van der Waals surface area contributed by atoms with Crippen molar-refractivity contribution in [1.29, 1.82) is 0 Å². The average molecular weight is 795 g/mol. The molecule has 0 aliphatic carbocycles. The van der Waals surface area contributed by atoms with Crippen molar-refractivity contribution in [2.75, 3.05) is 18.1 Å². The zero-order valence-electron chi connectivity index (χ0n) is 30.4. The minimum Gasteiger partial charge on any atom is -0.458 e. The van der Waals surface area contributed by atoms with Gasteiger partial charge in [-0.05, 0) is 72.2 Å². The minimum absolute atomic E-state index is 0.228. The molecule has 0 bridgehead atoms. The van der Waals surface area contributed by atoms with Gasteiger partial charge in [-0.2, -0.15) is 11.8 Å². The highest BCUT2D eigenvalue weighted by Gasteiger charge is 2.46. The summed E-state index contributed by atoms with van der Waals surface area (Å²) in [6.45, 7) is 3.52. The number of thioether (sulfide) groups is 3. The summed E-state index contributed by atoms with van der Waals surface area (Å²) in [5.41, 5.74) is 1.02. The third-order valence-electron chi connectivity index (χ3n) is 8.13. The van der Waals surface area contributed by atoms with Gasteiger partial charge in [0.15, 0.2) is 18.3 Å². The molecule has 284 valence electrons. The first kappa shape index (κ1) is 41.2. The fourth-order valence-electron chi connectivity index (χ4n) is 5.51. The number of carbonyl (C=O) groups excluding carboxylic acids is 4. The van der Waals surface area contributed by atoms with E-state index in [1.165, 1.54) is 11.8 Å². The van der Waals surface area contributed by atoms with Crippen LogP contribution in [0.2, 0.25) is 0 Å². The smallest absolute Gasteiger partial charge is 0.338 e. The predicted molar refractivity (Wildman–Crippen MR) is 220 cm³/mol. The van der Waals surface area contributed by atoms with E-state index in [4.69, 9.17) is 18.9 Å². The standard InChI is InChI=1S/C44H42O8S3/c1-3-53-39(44(54-4-2)55-35-28-18-9-19-29-35)38(52-43(48)34-26-16-8-17-27-34)37(51-42(47)33-24-14-7-15-25-33)36(50-41(46)32-22-12-6-13-23-32)30-49-40(45)31-20-10-5-11-21-31/h5-29,36-39,44H,3-4,30H2,1-2H3. The lowest BCUT2D eigenvalue weighted by Crippen LogP contribution is -2.53. The number of hydrogen-bond donors (Lipinski definition) is 0. The molecule has 0 amide bonds. The molecule has 0 heterocycles. The predicted octanol–water partition coefficient (Wildman–Crippen LogP) is 9.51. The van der Waals surface area contributed by atoms with Crippen molar-refractivity contribution in [3.8, 4) is 0 Å². The first-order valence-electron chi connectivity index (χ1n) is 17.8. The summed E-state index contributed by atoms with van der Waals surface area (Å²) in [6.07, 6.45) is -4.08. The minimum atomic E-state index is -1.45. The summed E-state index contributed by atoms with van der Waals surface area (Å²) >= 11 is 4.79. The summed E-state index contributed by atoms with van der Waals surface area (Å²) in [6, 6.07) is 43.5. The molecular formula is C44H42O8S3. The van der Waals surface area contributed by atoms with Gasteiger partial charge in [-0.3, -0.25) is 0 Å². The van der Waals surface area contributed by atoms with Crippen molar-refractivity contribution in [3.05, 3.63) is 174 Å². The Hall–Kier alpha value is -4.97. The van der Waals surface area contributed by atoms with Crippen molar-refractivity contribution < 1.29 is 38.1 Å². The Morgan fingerprint density at radius 2 is 0.855 bits per heavy atom. The van der Waals surface area contributed by atoms with Gasteiger partial charge in [0.25, 0.3) is 0 Å². The van der Waals surface area contributed by atoms with Crippen molar-refractivity contribution in [2.45, 2.75) is 46.9 Å². The van der Waals surface area contributed by atoms with Gasteiger partial charge < -0.3 is 18.9 Å². The Morgan fingerprint density at radius 1 is 0.473 bits per heavy atom. The second kappa shape index (κ2) is 21.8. The summed E-state index contributed by atoms with van der Waals surface area (Å²) in [7, 11) is 0. The Bertz CT molecular complexity index is 1930. The number of ether oxygens (including phenoxy) is 4. The molecule has 5 aromatic rings. The van der Waals surface area contributed by atoms with Crippen LogP contribution in [0.25, 0.3) is 0 Å². The lowest BCUT2D eigenvalue weighted by atomic mass is 10.0. The van der Waals surface area contributed by atoms with Gasteiger partial charge in [-0.1, -0.05) is 105 Å².